The molecule has 1 heterocycles. The number of hydrogen-bond donors (Lipinski definition) is 0. The van der Waals surface area contributed by atoms with Crippen molar-refractivity contribution in [1.82, 2.24) is 4.57 Å². The summed E-state index contributed by atoms with van der Waals surface area (Å²) in [5, 5.41) is 0. The van der Waals surface area contributed by atoms with Gasteiger partial charge in [0.2, 0.25) is 5.78 Å². The summed E-state index contributed by atoms with van der Waals surface area (Å²) >= 11 is 0. The molecule has 0 aliphatic heterocycles. The van der Waals surface area contributed by atoms with Gasteiger partial charge in [0.25, 0.3) is 0 Å². The number of rotatable bonds is 7. The maximum absolute atomic E-state index is 13.1. The van der Waals surface area contributed by atoms with Gasteiger partial charge >= 0.3 is 12.6 Å². The Morgan fingerprint density at radius 3 is 2.06 bits per heavy atom. The number of aromatic nitrogens is 1. The number of Topliss-reactive ketones (excluding diaryl/α,β-unsaturated/α-hetero) is 1. The molecule has 180 valence electrons. The average Bonchev–Trinajstić information content (AvgIpc) is 3.06. The molecule has 0 saturated heterocycles. The summed E-state index contributed by atoms with van der Waals surface area (Å²) < 4.78 is 36.5. The fourth-order valence-corrected chi connectivity index (χ4v) is 3.79. The van der Waals surface area contributed by atoms with Crippen LogP contribution in [0.5, 0.6) is 5.75 Å². The van der Waals surface area contributed by atoms with Gasteiger partial charge in [-0.2, -0.15) is 8.78 Å². The molecular weight excluding hydrogens is 440 g/mol. The van der Waals surface area contributed by atoms with Crippen LogP contribution in [0, 0.1) is 13.8 Å². The van der Waals surface area contributed by atoms with E-state index in [9.17, 15) is 18.4 Å². The summed E-state index contributed by atoms with van der Waals surface area (Å²) in [4.78, 5) is 25.7. The number of hydrogen-bond acceptors (Lipinski definition) is 4. The van der Waals surface area contributed by atoms with Crippen LogP contribution < -0.4 is 4.74 Å². The quantitative estimate of drug-likeness (QED) is 0.296. The molecule has 3 aromatic rings. The lowest BCUT2D eigenvalue weighted by Crippen LogP contribution is -2.25. The van der Waals surface area contributed by atoms with Crippen LogP contribution in [0.15, 0.2) is 54.6 Å². The van der Waals surface area contributed by atoms with Crippen molar-refractivity contribution in [2.24, 2.45) is 0 Å². The summed E-state index contributed by atoms with van der Waals surface area (Å²) in [6.45, 7) is 8.53. The lowest BCUT2D eigenvalue weighted by atomic mass is 9.87. The highest BCUT2D eigenvalue weighted by atomic mass is 19.3. The van der Waals surface area contributed by atoms with Crippen LogP contribution in [0.4, 0.5) is 8.78 Å². The van der Waals surface area contributed by atoms with E-state index in [0.717, 1.165) is 11.3 Å². The lowest BCUT2D eigenvalue weighted by Gasteiger charge is -2.19. The number of ether oxygens (including phenoxy) is 2. The molecule has 5 nitrogen and oxygen atoms in total. The molecule has 0 aliphatic carbocycles. The molecule has 1 aromatic heterocycles. The number of nitrogens with zero attached hydrogens (tertiary/aromatic N) is 1. The van der Waals surface area contributed by atoms with Gasteiger partial charge in [0.1, 0.15) is 5.75 Å². The molecule has 2 aromatic carbocycles. The normalized spacial score (nSPS) is 12.5. The van der Waals surface area contributed by atoms with Crippen molar-refractivity contribution < 1.29 is 27.8 Å². The molecule has 0 N–H and O–H groups in total. The van der Waals surface area contributed by atoms with Crippen molar-refractivity contribution in [2.45, 2.75) is 59.7 Å². The number of ketones is 1. The Balaban J connectivity index is 1.76. The van der Waals surface area contributed by atoms with Crippen LogP contribution >= 0.6 is 0 Å². The molecule has 0 fully saturated rings. The fraction of sp³-hybridized carbons (Fsp3) is 0.333. The third-order valence-electron chi connectivity index (χ3n) is 5.66. The number of esters is 1. The molecule has 3 rings (SSSR count). The highest BCUT2D eigenvalue weighted by Gasteiger charge is 2.25. The largest absolute Gasteiger partial charge is 0.451 e. The minimum Gasteiger partial charge on any atom is -0.451 e. The van der Waals surface area contributed by atoms with Crippen molar-refractivity contribution >= 4 is 11.8 Å². The lowest BCUT2D eigenvalue weighted by molar-refractivity contribution is -0.0498. The molecule has 7 heteroatoms. The first-order valence-corrected chi connectivity index (χ1v) is 11.0. The number of benzene rings is 2. The van der Waals surface area contributed by atoms with Crippen molar-refractivity contribution in [2.75, 3.05) is 0 Å². The zero-order valence-corrected chi connectivity index (χ0v) is 20.2. The van der Waals surface area contributed by atoms with E-state index >= 15 is 0 Å². The topological polar surface area (TPSA) is 57.5 Å². The van der Waals surface area contributed by atoms with Crippen LogP contribution in [0.25, 0.3) is 5.69 Å². The van der Waals surface area contributed by atoms with E-state index in [0.29, 0.717) is 22.5 Å². The monoisotopic (exact) mass is 469 g/mol. The van der Waals surface area contributed by atoms with Crippen LogP contribution in [0.3, 0.4) is 0 Å². The van der Waals surface area contributed by atoms with E-state index in [1.54, 1.807) is 44.2 Å². The summed E-state index contributed by atoms with van der Waals surface area (Å²) in [5.74, 6) is -0.838. The second-order valence-corrected chi connectivity index (χ2v) is 9.23. The highest BCUT2D eigenvalue weighted by Crippen LogP contribution is 2.26. The van der Waals surface area contributed by atoms with E-state index in [1.165, 1.54) is 12.1 Å². The van der Waals surface area contributed by atoms with Gasteiger partial charge in [-0.05, 0) is 74.2 Å². The van der Waals surface area contributed by atoms with Gasteiger partial charge in [0.15, 0.2) is 6.10 Å². The molecule has 1 unspecified atom stereocenters. The minimum absolute atomic E-state index is 0.0372. The Morgan fingerprint density at radius 2 is 1.53 bits per heavy atom. The standard InChI is InChI=1S/C27H29F2NO4/c1-16-15-23(17(2)30(16)21-11-13-22(14-12-21)34-26(28)29)24(31)18(3)33-25(32)19-7-9-20(10-8-19)27(4,5)6/h7-15,18,26H,1-6H3. The van der Waals surface area contributed by atoms with Crippen LogP contribution in [-0.2, 0) is 10.2 Å². The van der Waals surface area contributed by atoms with E-state index in [1.807, 2.05) is 23.6 Å². The molecule has 34 heavy (non-hydrogen) atoms. The number of carbonyl (C=O) groups is 2. The van der Waals surface area contributed by atoms with Crippen LogP contribution in [0.1, 0.15) is 65.4 Å². The van der Waals surface area contributed by atoms with Gasteiger partial charge in [-0.25, -0.2) is 4.79 Å². The van der Waals surface area contributed by atoms with Gasteiger partial charge in [-0.15, -0.1) is 0 Å². The van der Waals surface area contributed by atoms with Crippen molar-refractivity contribution in [3.8, 4) is 11.4 Å². The molecule has 0 spiro atoms. The SMILES string of the molecule is Cc1cc(C(=O)C(C)OC(=O)c2ccc(C(C)(C)C)cc2)c(C)n1-c1ccc(OC(F)F)cc1. The number of halogens is 2. The van der Waals surface area contributed by atoms with Gasteiger partial charge < -0.3 is 14.0 Å². The van der Waals surface area contributed by atoms with Crippen LogP contribution in [0.2, 0.25) is 0 Å². The van der Waals surface area contributed by atoms with Crippen molar-refractivity contribution in [1.29, 1.82) is 0 Å². The zero-order chi connectivity index (χ0) is 25.2. The molecule has 0 amide bonds. The smallest absolute Gasteiger partial charge is 0.387 e. The molecular formula is C27H29F2NO4. The molecule has 0 aliphatic rings. The maximum atomic E-state index is 13.1. The second-order valence-electron chi connectivity index (χ2n) is 9.23. The molecule has 0 bridgehead atoms. The van der Waals surface area contributed by atoms with Gasteiger partial charge in [-0.3, -0.25) is 4.79 Å². The van der Waals surface area contributed by atoms with Gasteiger partial charge in [-0.1, -0.05) is 32.9 Å². The van der Waals surface area contributed by atoms with Gasteiger partial charge in [0, 0.05) is 22.6 Å². The number of alkyl halides is 2. The average molecular weight is 470 g/mol. The van der Waals surface area contributed by atoms with Crippen molar-refractivity contribution in [3.05, 3.63) is 82.7 Å². The zero-order valence-electron chi connectivity index (χ0n) is 20.2. The number of carbonyl (C=O) groups excluding carboxylic acids is 2. The van der Waals surface area contributed by atoms with Crippen LogP contribution in [-0.4, -0.2) is 29.0 Å². The van der Waals surface area contributed by atoms with Crippen molar-refractivity contribution in [3.63, 3.8) is 0 Å². The second kappa shape index (κ2) is 9.79. The number of aryl methyl sites for hydroxylation is 1. The summed E-state index contributed by atoms with van der Waals surface area (Å²) in [7, 11) is 0. The maximum Gasteiger partial charge on any atom is 0.387 e. The highest BCUT2D eigenvalue weighted by molar-refractivity contribution is 6.02. The Hall–Kier alpha value is -3.48. The molecule has 0 radical (unpaired) electrons. The predicted octanol–water partition coefficient (Wildman–Crippen LogP) is 6.42. The Morgan fingerprint density at radius 1 is 0.941 bits per heavy atom. The molecule has 1 atom stereocenters. The third-order valence-corrected chi connectivity index (χ3v) is 5.66. The Bertz CT molecular complexity index is 1170. The first-order valence-electron chi connectivity index (χ1n) is 11.0. The first kappa shape index (κ1) is 25.1. The third kappa shape index (κ3) is 5.53. The van der Waals surface area contributed by atoms with E-state index < -0.39 is 18.7 Å². The Kier molecular flexibility index (Phi) is 7.24. The van der Waals surface area contributed by atoms with Gasteiger partial charge in [0.05, 0.1) is 5.56 Å². The van der Waals surface area contributed by atoms with E-state index in [-0.39, 0.29) is 16.9 Å². The minimum atomic E-state index is -2.90. The Labute approximate surface area is 198 Å². The van der Waals surface area contributed by atoms with E-state index in [4.69, 9.17) is 4.74 Å². The molecule has 0 saturated carbocycles. The summed E-state index contributed by atoms with van der Waals surface area (Å²) in [6, 6.07) is 15.1. The predicted molar refractivity (Wildman–Crippen MR) is 126 cm³/mol. The fourth-order valence-electron chi connectivity index (χ4n) is 3.79. The summed E-state index contributed by atoms with van der Waals surface area (Å²) in [5.41, 5.74) is 3.98. The van der Waals surface area contributed by atoms with E-state index in [2.05, 4.69) is 25.5 Å². The summed E-state index contributed by atoms with van der Waals surface area (Å²) in [6.07, 6.45) is -0.981. The first-order chi connectivity index (χ1) is 15.9.